The Labute approximate surface area is 168 Å². The topological polar surface area (TPSA) is 18.5 Å². The summed E-state index contributed by atoms with van der Waals surface area (Å²) in [6.45, 7) is 4.68. The molecule has 1 heterocycles. The van der Waals surface area contributed by atoms with Crippen molar-refractivity contribution in [2.75, 3.05) is 12.8 Å². The molecule has 1 aliphatic rings. The molecule has 0 N–H and O–H groups in total. The predicted octanol–water partition coefficient (Wildman–Crippen LogP) is 4.25. The fourth-order valence-corrected chi connectivity index (χ4v) is 9.29. The number of ether oxygens (including phenoxy) is 2. The average molecular weight is 392 g/mol. The van der Waals surface area contributed by atoms with E-state index in [0.717, 1.165) is 12.6 Å². The summed E-state index contributed by atoms with van der Waals surface area (Å²) in [5.41, 5.74) is 0. The standard InChI is InChI=1S/C25H29O2P/c1-25(2)26-20-21(27-25)18-19-28(22-12-6-3-7-13-22,23-14-8-4-9-15-23)24-16-10-5-11-17-24/h3-17,21,28H,18-20H2,1-2H3/t21-/m0/s1. The van der Waals surface area contributed by atoms with Crippen LogP contribution in [0.1, 0.15) is 20.3 Å². The summed E-state index contributed by atoms with van der Waals surface area (Å²) in [4.78, 5) is 0. The molecule has 28 heavy (non-hydrogen) atoms. The van der Waals surface area contributed by atoms with Gasteiger partial charge in [0.2, 0.25) is 0 Å². The third-order valence-corrected chi connectivity index (χ3v) is 10.7. The summed E-state index contributed by atoms with van der Waals surface area (Å²) in [7, 11) is -2.17. The summed E-state index contributed by atoms with van der Waals surface area (Å²) >= 11 is 0. The molecule has 0 bridgehead atoms. The summed E-state index contributed by atoms with van der Waals surface area (Å²) in [6, 6.07) is 33.2. The van der Waals surface area contributed by atoms with E-state index in [2.05, 4.69) is 91.0 Å². The van der Waals surface area contributed by atoms with Crippen molar-refractivity contribution >= 4 is 23.2 Å². The van der Waals surface area contributed by atoms with E-state index < -0.39 is 13.0 Å². The number of hydrogen-bond donors (Lipinski definition) is 0. The number of hydrogen-bond acceptors (Lipinski definition) is 2. The molecular formula is C25H29O2P. The first-order chi connectivity index (χ1) is 13.6. The van der Waals surface area contributed by atoms with Gasteiger partial charge >= 0.3 is 169 Å². The molecule has 146 valence electrons. The normalized spacial score (nSPS) is 19.4. The first-order valence-corrected chi connectivity index (χ1v) is 12.3. The van der Waals surface area contributed by atoms with E-state index >= 15 is 0 Å². The third kappa shape index (κ3) is 3.91. The monoisotopic (exact) mass is 392 g/mol. The van der Waals surface area contributed by atoms with Crippen LogP contribution in [0.4, 0.5) is 0 Å². The minimum atomic E-state index is -2.17. The van der Waals surface area contributed by atoms with Crippen LogP contribution in [0, 0.1) is 0 Å². The fraction of sp³-hybridized carbons (Fsp3) is 0.280. The van der Waals surface area contributed by atoms with Crippen molar-refractivity contribution < 1.29 is 9.47 Å². The van der Waals surface area contributed by atoms with Crippen LogP contribution in [0.2, 0.25) is 0 Å². The zero-order chi connectivity index (χ0) is 19.5. The van der Waals surface area contributed by atoms with E-state index in [9.17, 15) is 0 Å². The van der Waals surface area contributed by atoms with Gasteiger partial charge in [0.1, 0.15) is 0 Å². The number of rotatable bonds is 6. The number of benzene rings is 3. The molecule has 4 rings (SSSR count). The molecule has 3 aromatic carbocycles. The van der Waals surface area contributed by atoms with E-state index in [0.29, 0.717) is 6.61 Å². The zero-order valence-corrected chi connectivity index (χ0v) is 17.7. The van der Waals surface area contributed by atoms with E-state index in [-0.39, 0.29) is 6.10 Å². The molecule has 0 radical (unpaired) electrons. The molecule has 0 unspecified atom stereocenters. The van der Waals surface area contributed by atoms with Gasteiger partial charge in [0.05, 0.1) is 0 Å². The van der Waals surface area contributed by atoms with Crippen molar-refractivity contribution in [3.63, 3.8) is 0 Å². The molecule has 1 saturated heterocycles. The molecule has 2 nitrogen and oxygen atoms in total. The molecular weight excluding hydrogens is 363 g/mol. The summed E-state index contributed by atoms with van der Waals surface area (Å²) < 4.78 is 12.0. The first kappa shape index (κ1) is 19.3. The van der Waals surface area contributed by atoms with Crippen molar-refractivity contribution in [2.24, 2.45) is 0 Å². The second-order valence-electron chi connectivity index (χ2n) is 7.99. The van der Waals surface area contributed by atoms with Gasteiger partial charge in [0, 0.05) is 0 Å². The van der Waals surface area contributed by atoms with E-state index in [1.807, 2.05) is 13.8 Å². The second kappa shape index (κ2) is 8.17. The van der Waals surface area contributed by atoms with Crippen LogP contribution >= 0.6 is 7.26 Å². The van der Waals surface area contributed by atoms with Crippen LogP contribution in [0.15, 0.2) is 91.0 Å². The molecule has 0 aliphatic carbocycles. The molecule has 1 fully saturated rings. The van der Waals surface area contributed by atoms with Crippen LogP contribution in [-0.4, -0.2) is 24.7 Å². The van der Waals surface area contributed by atoms with Crippen molar-refractivity contribution in [3.05, 3.63) is 91.0 Å². The van der Waals surface area contributed by atoms with Gasteiger partial charge < -0.3 is 0 Å². The quantitative estimate of drug-likeness (QED) is 0.584. The van der Waals surface area contributed by atoms with Gasteiger partial charge in [-0.15, -0.1) is 0 Å². The van der Waals surface area contributed by atoms with E-state index in [1.165, 1.54) is 15.9 Å². The van der Waals surface area contributed by atoms with Crippen molar-refractivity contribution in [1.82, 2.24) is 0 Å². The van der Waals surface area contributed by atoms with Crippen LogP contribution in [0.5, 0.6) is 0 Å². The predicted molar refractivity (Wildman–Crippen MR) is 121 cm³/mol. The first-order valence-electron chi connectivity index (χ1n) is 10.1. The van der Waals surface area contributed by atoms with Crippen LogP contribution in [0.3, 0.4) is 0 Å². The van der Waals surface area contributed by atoms with Gasteiger partial charge in [-0.05, 0) is 0 Å². The van der Waals surface area contributed by atoms with E-state index in [1.54, 1.807) is 0 Å². The molecule has 1 aliphatic heterocycles. The Bertz CT molecular complexity index is 782. The van der Waals surface area contributed by atoms with E-state index in [4.69, 9.17) is 9.47 Å². The molecule has 1 atom stereocenters. The Morgan fingerprint density at radius 3 is 1.54 bits per heavy atom. The van der Waals surface area contributed by atoms with Crippen LogP contribution in [-0.2, 0) is 9.47 Å². The molecule has 0 aromatic heterocycles. The maximum absolute atomic E-state index is 6.15. The molecule has 0 saturated carbocycles. The SMILES string of the molecule is CC1(C)OC[C@H](CC[PH](c2ccccc2)(c2ccccc2)c2ccccc2)O1. The zero-order valence-electron chi connectivity index (χ0n) is 16.7. The minimum absolute atomic E-state index is 0.151. The van der Waals surface area contributed by atoms with Crippen molar-refractivity contribution in [2.45, 2.75) is 32.2 Å². The average Bonchev–Trinajstić information content (AvgIpc) is 3.10. The van der Waals surface area contributed by atoms with Crippen LogP contribution in [0.25, 0.3) is 0 Å². The Morgan fingerprint density at radius 1 is 0.750 bits per heavy atom. The Balaban J connectivity index is 1.79. The summed E-state index contributed by atoms with van der Waals surface area (Å²) in [6.07, 6.45) is 2.24. The third-order valence-electron chi connectivity index (χ3n) is 5.71. The van der Waals surface area contributed by atoms with Crippen LogP contribution < -0.4 is 15.9 Å². The molecule has 3 heteroatoms. The second-order valence-corrected chi connectivity index (χ2v) is 12.0. The summed E-state index contributed by atoms with van der Waals surface area (Å²) in [5.74, 6) is -0.471. The Morgan fingerprint density at radius 2 is 1.18 bits per heavy atom. The van der Waals surface area contributed by atoms with Gasteiger partial charge in [-0.3, -0.25) is 0 Å². The van der Waals surface area contributed by atoms with Gasteiger partial charge in [-0.25, -0.2) is 0 Å². The van der Waals surface area contributed by atoms with Gasteiger partial charge in [0.15, 0.2) is 0 Å². The Kier molecular flexibility index (Phi) is 5.64. The van der Waals surface area contributed by atoms with Gasteiger partial charge in [-0.2, -0.15) is 0 Å². The summed E-state index contributed by atoms with van der Waals surface area (Å²) in [5, 5.41) is 4.35. The molecule has 0 spiro atoms. The van der Waals surface area contributed by atoms with Gasteiger partial charge in [0.25, 0.3) is 0 Å². The molecule has 3 aromatic rings. The van der Waals surface area contributed by atoms with Crippen molar-refractivity contribution in [3.8, 4) is 0 Å². The maximum atomic E-state index is 6.15. The van der Waals surface area contributed by atoms with Gasteiger partial charge in [-0.1, -0.05) is 0 Å². The fourth-order valence-electron chi connectivity index (χ4n) is 4.38. The van der Waals surface area contributed by atoms with Crippen molar-refractivity contribution in [1.29, 1.82) is 0 Å². The Hall–Kier alpha value is -1.99. The molecule has 0 amide bonds.